The molecule has 2 aromatic rings. The first-order valence-corrected chi connectivity index (χ1v) is 10.1. The van der Waals surface area contributed by atoms with Crippen LogP contribution < -0.4 is 5.32 Å². The van der Waals surface area contributed by atoms with Crippen molar-refractivity contribution in [3.8, 4) is 0 Å². The summed E-state index contributed by atoms with van der Waals surface area (Å²) in [5.41, 5.74) is 2.94. The zero-order valence-corrected chi connectivity index (χ0v) is 17.0. The van der Waals surface area contributed by atoms with Crippen molar-refractivity contribution in [3.63, 3.8) is 0 Å². The van der Waals surface area contributed by atoms with Crippen LogP contribution in [0.15, 0.2) is 23.6 Å². The van der Waals surface area contributed by atoms with Crippen molar-refractivity contribution < 1.29 is 4.79 Å². The van der Waals surface area contributed by atoms with Gasteiger partial charge < -0.3 is 5.32 Å². The van der Waals surface area contributed by atoms with Crippen LogP contribution in [0.1, 0.15) is 23.2 Å². The number of aryl methyl sites for hydroxylation is 2. The molecule has 0 bridgehead atoms. The minimum Gasteiger partial charge on any atom is -0.324 e. The zero-order valence-electron chi connectivity index (χ0n) is 15.5. The number of hydrogen-bond acceptors (Lipinski definition) is 5. The van der Waals surface area contributed by atoms with E-state index < -0.39 is 0 Å². The molecule has 1 atom stereocenters. The lowest BCUT2D eigenvalue weighted by Crippen LogP contribution is -2.52. The quantitative estimate of drug-likeness (QED) is 0.845. The van der Waals surface area contributed by atoms with Gasteiger partial charge in [-0.15, -0.1) is 11.3 Å². The Balaban J connectivity index is 1.51. The normalized spacial score (nSPS) is 17.2. The lowest BCUT2D eigenvalue weighted by molar-refractivity contribution is -0.121. The van der Waals surface area contributed by atoms with E-state index in [1.165, 1.54) is 0 Å². The van der Waals surface area contributed by atoms with Gasteiger partial charge in [-0.2, -0.15) is 0 Å². The number of halogens is 1. The number of rotatable bonds is 5. The molecule has 1 aliphatic rings. The van der Waals surface area contributed by atoms with Crippen molar-refractivity contribution in [2.24, 2.45) is 0 Å². The molecule has 0 spiro atoms. The summed E-state index contributed by atoms with van der Waals surface area (Å²) in [6.45, 7) is 10.5. The van der Waals surface area contributed by atoms with Crippen LogP contribution >= 0.6 is 22.9 Å². The molecule has 7 heteroatoms. The first kappa shape index (κ1) is 19.3. The van der Waals surface area contributed by atoms with Crippen LogP contribution in [-0.2, 0) is 11.3 Å². The topological polar surface area (TPSA) is 48.5 Å². The fourth-order valence-corrected chi connectivity index (χ4v) is 3.93. The predicted octanol–water partition coefficient (Wildman–Crippen LogP) is 3.56. The number of hydrogen-bond donors (Lipinski definition) is 1. The minimum atomic E-state index is -0.169. The van der Waals surface area contributed by atoms with Crippen molar-refractivity contribution in [1.82, 2.24) is 14.8 Å². The Bertz CT molecular complexity index is 771. The number of anilines is 1. The fraction of sp³-hybridized carbons (Fsp3) is 0.474. The van der Waals surface area contributed by atoms with Gasteiger partial charge in [-0.3, -0.25) is 14.6 Å². The SMILES string of the molecule is Cc1nc(CN2CCN([C@@H](C)C(=O)Nc3cc(Cl)ccc3C)CC2)cs1. The van der Waals surface area contributed by atoms with E-state index >= 15 is 0 Å². The molecule has 3 rings (SSSR count). The second-order valence-electron chi connectivity index (χ2n) is 6.79. The number of amides is 1. The summed E-state index contributed by atoms with van der Waals surface area (Å²) >= 11 is 7.74. The maximum atomic E-state index is 12.6. The second-order valence-corrected chi connectivity index (χ2v) is 8.29. The summed E-state index contributed by atoms with van der Waals surface area (Å²) in [6.07, 6.45) is 0. The lowest BCUT2D eigenvalue weighted by Gasteiger charge is -2.37. The number of benzene rings is 1. The predicted molar refractivity (Wildman–Crippen MR) is 108 cm³/mol. The zero-order chi connectivity index (χ0) is 18.7. The monoisotopic (exact) mass is 392 g/mol. The lowest BCUT2D eigenvalue weighted by atomic mass is 10.1. The summed E-state index contributed by atoms with van der Waals surface area (Å²) in [5.74, 6) is 0.0129. The van der Waals surface area contributed by atoms with E-state index in [2.05, 4.69) is 25.5 Å². The minimum absolute atomic E-state index is 0.0129. The van der Waals surface area contributed by atoms with Gasteiger partial charge in [0.05, 0.1) is 16.7 Å². The molecule has 1 amide bonds. The Morgan fingerprint density at radius 3 is 2.69 bits per heavy atom. The van der Waals surface area contributed by atoms with Gasteiger partial charge in [0.1, 0.15) is 0 Å². The van der Waals surface area contributed by atoms with E-state index in [4.69, 9.17) is 11.6 Å². The van der Waals surface area contributed by atoms with Gasteiger partial charge in [-0.1, -0.05) is 17.7 Å². The van der Waals surface area contributed by atoms with E-state index in [9.17, 15) is 4.79 Å². The van der Waals surface area contributed by atoms with Crippen LogP contribution in [0.25, 0.3) is 0 Å². The Labute approximate surface area is 164 Å². The van der Waals surface area contributed by atoms with Gasteiger partial charge in [0.2, 0.25) is 5.91 Å². The second kappa shape index (κ2) is 8.48. The van der Waals surface area contributed by atoms with Crippen molar-refractivity contribution in [2.45, 2.75) is 33.4 Å². The third-order valence-electron chi connectivity index (χ3n) is 4.84. The van der Waals surface area contributed by atoms with Gasteiger partial charge in [0.15, 0.2) is 0 Å². The van der Waals surface area contributed by atoms with Crippen molar-refractivity contribution in [3.05, 3.63) is 44.9 Å². The highest BCUT2D eigenvalue weighted by Crippen LogP contribution is 2.21. The molecular formula is C19H25ClN4OS. The van der Waals surface area contributed by atoms with Crippen LogP contribution in [0, 0.1) is 13.8 Å². The Morgan fingerprint density at radius 1 is 1.31 bits per heavy atom. The molecule has 0 aliphatic carbocycles. The molecule has 1 saturated heterocycles. The van der Waals surface area contributed by atoms with E-state index in [1.807, 2.05) is 32.9 Å². The van der Waals surface area contributed by atoms with Crippen LogP contribution in [0.2, 0.25) is 5.02 Å². The van der Waals surface area contributed by atoms with E-state index in [1.54, 1.807) is 17.4 Å². The molecule has 1 fully saturated rings. The molecule has 1 aromatic heterocycles. The van der Waals surface area contributed by atoms with Gasteiger partial charge in [0.25, 0.3) is 0 Å². The van der Waals surface area contributed by atoms with Gasteiger partial charge >= 0.3 is 0 Å². The highest BCUT2D eigenvalue weighted by molar-refractivity contribution is 7.09. The van der Waals surface area contributed by atoms with Crippen molar-refractivity contribution in [2.75, 3.05) is 31.5 Å². The molecule has 1 aromatic carbocycles. The van der Waals surface area contributed by atoms with Crippen molar-refractivity contribution in [1.29, 1.82) is 0 Å². The summed E-state index contributed by atoms with van der Waals surface area (Å²) < 4.78 is 0. The highest BCUT2D eigenvalue weighted by Gasteiger charge is 2.26. The molecule has 1 aliphatic heterocycles. The van der Waals surface area contributed by atoms with Gasteiger partial charge in [-0.25, -0.2) is 4.98 Å². The van der Waals surface area contributed by atoms with E-state index in [0.717, 1.165) is 54.7 Å². The summed E-state index contributed by atoms with van der Waals surface area (Å²) in [4.78, 5) is 21.8. The summed E-state index contributed by atoms with van der Waals surface area (Å²) in [7, 11) is 0. The summed E-state index contributed by atoms with van der Waals surface area (Å²) in [6, 6.07) is 5.38. The average molecular weight is 393 g/mol. The van der Waals surface area contributed by atoms with Crippen LogP contribution in [0.3, 0.4) is 0 Å². The first-order valence-electron chi connectivity index (χ1n) is 8.87. The standard InChI is InChI=1S/C19H25ClN4OS/c1-13-4-5-16(20)10-18(13)22-19(25)14(2)24-8-6-23(7-9-24)11-17-12-26-15(3)21-17/h4-5,10,12,14H,6-9,11H2,1-3H3,(H,22,25)/t14-/m0/s1. The fourth-order valence-electron chi connectivity index (χ4n) is 3.15. The molecule has 140 valence electrons. The molecular weight excluding hydrogens is 368 g/mol. The number of aromatic nitrogens is 1. The largest absolute Gasteiger partial charge is 0.324 e. The molecule has 0 unspecified atom stereocenters. The molecule has 5 nitrogen and oxygen atoms in total. The molecule has 0 saturated carbocycles. The van der Waals surface area contributed by atoms with Crippen molar-refractivity contribution >= 4 is 34.5 Å². The van der Waals surface area contributed by atoms with E-state index in [0.29, 0.717) is 5.02 Å². The van der Waals surface area contributed by atoms with Crippen LogP contribution in [-0.4, -0.2) is 52.9 Å². The Morgan fingerprint density at radius 2 is 2.04 bits per heavy atom. The molecule has 1 N–H and O–H groups in total. The number of piperazine rings is 1. The average Bonchev–Trinajstić information content (AvgIpc) is 3.03. The first-order chi connectivity index (χ1) is 12.4. The third kappa shape index (κ3) is 4.82. The third-order valence-corrected chi connectivity index (χ3v) is 5.90. The number of thiazole rings is 1. The summed E-state index contributed by atoms with van der Waals surface area (Å²) in [5, 5.41) is 6.89. The molecule has 2 heterocycles. The smallest absolute Gasteiger partial charge is 0.241 e. The van der Waals surface area contributed by atoms with Crippen LogP contribution in [0.4, 0.5) is 5.69 Å². The maximum absolute atomic E-state index is 12.6. The Kier molecular flexibility index (Phi) is 6.29. The van der Waals surface area contributed by atoms with Gasteiger partial charge in [0, 0.05) is 48.8 Å². The highest BCUT2D eigenvalue weighted by atomic mass is 35.5. The Hall–Kier alpha value is -1.47. The number of carbonyl (C=O) groups is 1. The number of carbonyl (C=O) groups excluding carboxylic acids is 1. The van der Waals surface area contributed by atoms with Gasteiger partial charge in [-0.05, 0) is 38.5 Å². The number of nitrogens with zero attached hydrogens (tertiary/aromatic N) is 3. The van der Waals surface area contributed by atoms with Crippen LogP contribution in [0.5, 0.6) is 0 Å². The molecule has 26 heavy (non-hydrogen) atoms. The maximum Gasteiger partial charge on any atom is 0.241 e. The molecule has 0 radical (unpaired) electrons. The number of nitrogens with one attached hydrogen (secondary N) is 1. The van der Waals surface area contributed by atoms with E-state index in [-0.39, 0.29) is 11.9 Å².